The molecular formula is C9H19N. The Morgan fingerprint density at radius 1 is 1.30 bits per heavy atom. The quantitative estimate of drug-likeness (QED) is 0.568. The topological polar surface area (TPSA) is 3.24 Å². The summed E-state index contributed by atoms with van der Waals surface area (Å²) in [6.07, 6.45) is 4.37. The van der Waals surface area contributed by atoms with E-state index in [9.17, 15) is 0 Å². The molecule has 0 aliphatic heterocycles. The first-order valence-electron chi connectivity index (χ1n) is 4.35. The van der Waals surface area contributed by atoms with Crippen LogP contribution in [-0.4, -0.2) is 25.5 Å². The van der Waals surface area contributed by atoms with Gasteiger partial charge in [-0.15, -0.1) is 0 Å². The molecule has 1 aliphatic carbocycles. The lowest BCUT2D eigenvalue weighted by molar-refractivity contribution is 0.286. The summed E-state index contributed by atoms with van der Waals surface area (Å²) in [4.78, 5) is 2.31. The summed E-state index contributed by atoms with van der Waals surface area (Å²) in [6.45, 7) is 3.68. The molecule has 1 heteroatoms. The first-order valence-corrected chi connectivity index (χ1v) is 4.35. The average Bonchev–Trinajstić information content (AvgIpc) is 2.15. The lowest BCUT2D eigenvalue weighted by Gasteiger charge is -2.19. The molecule has 1 aliphatic rings. The van der Waals surface area contributed by atoms with Crippen LogP contribution in [0.2, 0.25) is 0 Å². The first kappa shape index (κ1) is 8.06. The van der Waals surface area contributed by atoms with Crippen molar-refractivity contribution in [3.63, 3.8) is 0 Å². The molecule has 0 heterocycles. The number of hydrogen-bond acceptors (Lipinski definition) is 1. The third-order valence-corrected chi connectivity index (χ3v) is 2.64. The van der Waals surface area contributed by atoms with E-state index in [0.29, 0.717) is 0 Å². The molecule has 0 aromatic carbocycles. The second-order valence-corrected chi connectivity index (χ2v) is 3.93. The van der Waals surface area contributed by atoms with E-state index < -0.39 is 0 Å². The third-order valence-electron chi connectivity index (χ3n) is 2.64. The molecule has 0 bridgehead atoms. The van der Waals surface area contributed by atoms with Crippen LogP contribution < -0.4 is 0 Å². The Bertz CT molecular complexity index is 98.9. The van der Waals surface area contributed by atoms with Crippen LogP contribution in [0.15, 0.2) is 0 Å². The zero-order valence-electron chi connectivity index (χ0n) is 7.43. The van der Waals surface area contributed by atoms with Crippen molar-refractivity contribution in [2.75, 3.05) is 20.6 Å². The summed E-state index contributed by atoms with van der Waals surface area (Å²) < 4.78 is 0. The monoisotopic (exact) mass is 141 g/mol. The van der Waals surface area contributed by atoms with Crippen molar-refractivity contribution in [3.8, 4) is 0 Å². The third kappa shape index (κ3) is 1.98. The van der Waals surface area contributed by atoms with Crippen LogP contribution in [0.5, 0.6) is 0 Å². The van der Waals surface area contributed by atoms with E-state index in [0.717, 1.165) is 11.8 Å². The van der Waals surface area contributed by atoms with E-state index in [-0.39, 0.29) is 0 Å². The molecule has 0 aromatic heterocycles. The van der Waals surface area contributed by atoms with Crippen molar-refractivity contribution in [2.24, 2.45) is 11.8 Å². The van der Waals surface area contributed by atoms with E-state index in [1.54, 1.807) is 0 Å². The van der Waals surface area contributed by atoms with Gasteiger partial charge in [0.1, 0.15) is 0 Å². The first-order chi connectivity index (χ1) is 4.70. The van der Waals surface area contributed by atoms with E-state index in [1.165, 1.54) is 25.8 Å². The van der Waals surface area contributed by atoms with E-state index in [1.807, 2.05) is 0 Å². The standard InChI is InChI=1S/C9H19N/c1-8-5-4-6-9(8)7-10(2)3/h8-9H,4-7H2,1-3H3. The van der Waals surface area contributed by atoms with Crippen LogP contribution in [0.25, 0.3) is 0 Å². The molecule has 1 fully saturated rings. The van der Waals surface area contributed by atoms with Gasteiger partial charge in [-0.05, 0) is 32.4 Å². The highest BCUT2D eigenvalue weighted by Gasteiger charge is 2.23. The van der Waals surface area contributed by atoms with Crippen LogP contribution in [0.1, 0.15) is 26.2 Å². The molecule has 0 amide bonds. The maximum absolute atomic E-state index is 2.39. The maximum atomic E-state index is 2.39. The van der Waals surface area contributed by atoms with Crippen molar-refractivity contribution >= 4 is 0 Å². The molecule has 1 nitrogen and oxygen atoms in total. The van der Waals surface area contributed by atoms with Crippen molar-refractivity contribution in [3.05, 3.63) is 0 Å². The number of nitrogens with zero attached hydrogens (tertiary/aromatic N) is 1. The lowest BCUT2D eigenvalue weighted by Crippen LogP contribution is -2.22. The molecule has 10 heavy (non-hydrogen) atoms. The predicted molar refractivity (Wildman–Crippen MR) is 45.1 cm³/mol. The van der Waals surface area contributed by atoms with E-state index in [2.05, 4.69) is 25.9 Å². The minimum absolute atomic E-state index is 0.974. The van der Waals surface area contributed by atoms with Crippen LogP contribution >= 0.6 is 0 Å². The van der Waals surface area contributed by atoms with Gasteiger partial charge in [-0.2, -0.15) is 0 Å². The fourth-order valence-corrected chi connectivity index (χ4v) is 1.96. The molecule has 0 saturated heterocycles. The molecule has 0 spiro atoms. The Morgan fingerprint density at radius 2 is 2.00 bits per heavy atom. The Balaban J connectivity index is 2.26. The second-order valence-electron chi connectivity index (χ2n) is 3.93. The average molecular weight is 141 g/mol. The largest absolute Gasteiger partial charge is 0.309 e. The van der Waals surface area contributed by atoms with Gasteiger partial charge in [0.15, 0.2) is 0 Å². The summed E-state index contributed by atoms with van der Waals surface area (Å²) >= 11 is 0. The van der Waals surface area contributed by atoms with Crippen molar-refractivity contribution in [1.82, 2.24) is 4.90 Å². The van der Waals surface area contributed by atoms with Gasteiger partial charge in [-0.3, -0.25) is 0 Å². The molecule has 0 radical (unpaired) electrons. The summed E-state index contributed by atoms with van der Waals surface area (Å²) in [5.41, 5.74) is 0. The number of rotatable bonds is 2. The molecule has 0 N–H and O–H groups in total. The predicted octanol–water partition coefficient (Wildman–Crippen LogP) is 1.98. The molecule has 2 atom stereocenters. The van der Waals surface area contributed by atoms with E-state index in [4.69, 9.17) is 0 Å². The van der Waals surface area contributed by atoms with Gasteiger partial charge < -0.3 is 4.90 Å². The fraction of sp³-hybridized carbons (Fsp3) is 1.00. The maximum Gasteiger partial charge on any atom is 0.000610 e. The Kier molecular flexibility index (Phi) is 2.72. The van der Waals surface area contributed by atoms with Crippen molar-refractivity contribution in [1.29, 1.82) is 0 Å². The van der Waals surface area contributed by atoms with Gasteiger partial charge in [0.2, 0.25) is 0 Å². The fourth-order valence-electron chi connectivity index (χ4n) is 1.96. The Labute approximate surface area is 64.4 Å². The van der Waals surface area contributed by atoms with E-state index >= 15 is 0 Å². The molecule has 60 valence electrons. The lowest BCUT2D eigenvalue weighted by atomic mass is 9.98. The van der Waals surface area contributed by atoms with Crippen LogP contribution in [0.4, 0.5) is 0 Å². The second kappa shape index (κ2) is 3.38. The van der Waals surface area contributed by atoms with Crippen molar-refractivity contribution < 1.29 is 0 Å². The number of hydrogen-bond donors (Lipinski definition) is 0. The van der Waals surface area contributed by atoms with Crippen LogP contribution in [0.3, 0.4) is 0 Å². The van der Waals surface area contributed by atoms with Gasteiger partial charge in [0, 0.05) is 6.54 Å². The van der Waals surface area contributed by atoms with Crippen LogP contribution in [0, 0.1) is 11.8 Å². The highest BCUT2D eigenvalue weighted by molar-refractivity contribution is 4.75. The van der Waals surface area contributed by atoms with Gasteiger partial charge in [0.05, 0.1) is 0 Å². The van der Waals surface area contributed by atoms with Crippen molar-refractivity contribution in [2.45, 2.75) is 26.2 Å². The van der Waals surface area contributed by atoms with Gasteiger partial charge in [0.25, 0.3) is 0 Å². The molecular weight excluding hydrogens is 122 g/mol. The zero-order chi connectivity index (χ0) is 7.56. The smallest absolute Gasteiger partial charge is 0.000610 e. The SMILES string of the molecule is CC1CCCC1CN(C)C. The summed E-state index contributed by atoms with van der Waals surface area (Å²) in [5.74, 6) is 1.96. The van der Waals surface area contributed by atoms with Gasteiger partial charge in [-0.1, -0.05) is 19.8 Å². The van der Waals surface area contributed by atoms with Gasteiger partial charge >= 0.3 is 0 Å². The summed E-state index contributed by atoms with van der Waals surface area (Å²) in [6, 6.07) is 0. The molecule has 1 saturated carbocycles. The molecule has 1 rings (SSSR count). The van der Waals surface area contributed by atoms with Crippen LogP contribution in [-0.2, 0) is 0 Å². The van der Waals surface area contributed by atoms with Gasteiger partial charge in [-0.25, -0.2) is 0 Å². The molecule has 2 unspecified atom stereocenters. The molecule has 0 aromatic rings. The summed E-state index contributed by atoms with van der Waals surface area (Å²) in [7, 11) is 4.34. The Hall–Kier alpha value is -0.0400. The zero-order valence-corrected chi connectivity index (χ0v) is 7.43. The Morgan fingerprint density at radius 3 is 2.40 bits per heavy atom. The minimum Gasteiger partial charge on any atom is -0.309 e. The summed E-state index contributed by atoms with van der Waals surface area (Å²) in [5, 5.41) is 0. The normalized spacial score (nSPS) is 33.6. The minimum atomic E-state index is 0.974. The highest BCUT2D eigenvalue weighted by Crippen LogP contribution is 2.31. The highest BCUT2D eigenvalue weighted by atomic mass is 15.1.